The summed E-state index contributed by atoms with van der Waals surface area (Å²) in [6.45, 7) is 3.16. The van der Waals surface area contributed by atoms with Crippen LogP contribution < -0.4 is 5.32 Å². The predicted octanol–water partition coefficient (Wildman–Crippen LogP) is 2.26. The van der Waals surface area contributed by atoms with Crippen molar-refractivity contribution in [3.63, 3.8) is 0 Å². The maximum atomic E-state index is 12.5. The van der Waals surface area contributed by atoms with Crippen LogP contribution in [0, 0.1) is 0 Å². The smallest absolute Gasteiger partial charge is 0.249 e. The number of aliphatic hydroxyl groups is 1. The summed E-state index contributed by atoms with van der Waals surface area (Å²) in [5, 5.41) is 12.9. The lowest BCUT2D eigenvalue weighted by molar-refractivity contribution is -0.168. The first-order valence-electron chi connectivity index (χ1n) is 10.1. The zero-order chi connectivity index (χ0) is 19.9. The number of hydrogen-bond donors (Lipinski definition) is 2. The minimum Gasteiger partial charge on any atom is -0.394 e. The first-order valence-corrected chi connectivity index (χ1v) is 10.1. The molecule has 0 aromatic heterocycles. The number of nitrogens with zero attached hydrogens (tertiary/aromatic N) is 1. The number of carbonyl (C=O) groups excluding carboxylic acids is 2. The van der Waals surface area contributed by atoms with Gasteiger partial charge >= 0.3 is 0 Å². The molecular weight excluding hydrogens is 360 g/mol. The number of amides is 2. The number of unbranched alkanes of at least 4 members (excludes halogenated alkanes) is 1. The minimum absolute atomic E-state index is 0.00744. The van der Waals surface area contributed by atoms with Gasteiger partial charge in [-0.3, -0.25) is 9.59 Å². The number of morpholine rings is 1. The Morgan fingerprint density at radius 1 is 1.25 bits per heavy atom. The summed E-state index contributed by atoms with van der Waals surface area (Å²) < 4.78 is 11.2. The van der Waals surface area contributed by atoms with Gasteiger partial charge in [0, 0.05) is 31.4 Å². The fourth-order valence-corrected chi connectivity index (χ4v) is 3.93. The monoisotopic (exact) mass is 390 g/mol. The van der Waals surface area contributed by atoms with Gasteiger partial charge < -0.3 is 24.8 Å². The lowest BCUT2D eigenvalue weighted by Crippen LogP contribution is -2.57. The molecule has 0 unspecified atom stereocenters. The van der Waals surface area contributed by atoms with Gasteiger partial charge in [-0.2, -0.15) is 0 Å². The number of anilines is 1. The molecule has 2 aliphatic rings. The van der Waals surface area contributed by atoms with Crippen LogP contribution in [-0.4, -0.2) is 60.3 Å². The fourth-order valence-electron chi connectivity index (χ4n) is 3.93. The summed E-state index contributed by atoms with van der Waals surface area (Å²) >= 11 is 0. The molecule has 0 bridgehead atoms. The van der Waals surface area contributed by atoms with Crippen molar-refractivity contribution in [2.24, 2.45) is 0 Å². The Balaban J connectivity index is 1.70. The average molecular weight is 390 g/mol. The first kappa shape index (κ1) is 20.8. The molecule has 2 fully saturated rings. The van der Waals surface area contributed by atoms with Gasteiger partial charge in [0.2, 0.25) is 11.8 Å². The topological polar surface area (TPSA) is 88.1 Å². The Hall–Kier alpha value is -1.96. The van der Waals surface area contributed by atoms with E-state index in [0.717, 1.165) is 36.9 Å². The Kier molecular flexibility index (Phi) is 7.42. The quantitative estimate of drug-likeness (QED) is 0.746. The van der Waals surface area contributed by atoms with Crippen LogP contribution in [0.5, 0.6) is 0 Å². The highest BCUT2D eigenvalue weighted by Crippen LogP contribution is 2.33. The summed E-state index contributed by atoms with van der Waals surface area (Å²) in [6.07, 6.45) is 3.52. The molecule has 1 aromatic rings. The molecule has 0 spiro atoms. The second-order valence-electron chi connectivity index (χ2n) is 7.40. The minimum atomic E-state index is -0.422. The van der Waals surface area contributed by atoms with E-state index in [9.17, 15) is 14.7 Å². The SMILES string of the molecule is CCCCC(=O)Nc1ccc([C@H]2OCC(=O)N(C3CCOCC3)[C@@H]2CO)cc1. The van der Waals surface area contributed by atoms with Crippen molar-refractivity contribution < 1.29 is 24.2 Å². The van der Waals surface area contributed by atoms with Gasteiger partial charge in [0.15, 0.2) is 0 Å². The first-order chi connectivity index (χ1) is 13.6. The molecule has 2 saturated heterocycles. The molecule has 7 nitrogen and oxygen atoms in total. The van der Waals surface area contributed by atoms with Crippen molar-refractivity contribution in [3.8, 4) is 0 Å². The molecule has 2 aliphatic heterocycles. The average Bonchev–Trinajstić information content (AvgIpc) is 2.73. The van der Waals surface area contributed by atoms with E-state index in [1.165, 1.54) is 0 Å². The molecule has 0 aliphatic carbocycles. The highest BCUT2D eigenvalue weighted by molar-refractivity contribution is 5.90. The van der Waals surface area contributed by atoms with E-state index in [0.29, 0.717) is 19.6 Å². The third-order valence-electron chi connectivity index (χ3n) is 5.43. The lowest BCUT2D eigenvalue weighted by atomic mass is 9.95. The highest BCUT2D eigenvalue weighted by atomic mass is 16.5. The molecule has 1 aromatic carbocycles. The van der Waals surface area contributed by atoms with Gasteiger partial charge in [0.1, 0.15) is 12.7 Å². The fraction of sp³-hybridized carbons (Fsp3) is 0.619. The lowest BCUT2D eigenvalue weighted by Gasteiger charge is -2.45. The number of rotatable bonds is 7. The van der Waals surface area contributed by atoms with E-state index >= 15 is 0 Å². The zero-order valence-electron chi connectivity index (χ0n) is 16.4. The third kappa shape index (κ3) is 4.90. The van der Waals surface area contributed by atoms with Crippen LogP contribution in [-0.2, 0) is 19.1 Å². The molecule has 2 N–H and O–H groups in total. The van der Waals surface area contributed by atoms with Crippen molar-refractivity contribution in [1.82, 2.24) is 4.90 Å². The molecule has 2 amide bonds. The van der Waals surface area contributed by atoms with E-state index in [2.05, 4.69) is 12.2 Å². The third-order valence-corrected chi connectivity index (χ3v) is 5.43. The van der Waals surface area contributed by atoms with Crippen LogP contribution in [0.1, 0.15) is 50.7 Å². The molecular formula is C21H30N2O5. The number of benzene rings is 1. The molecule has 3 rings (SSSR count). The maximum absolute atomic E-state index is 12.5. The number of ether oxygens (including phenoxy) is 2. The molecule has 28 heavy (non-hydrogen) atoms. The van der Waals surface area contributed by atoms with Gasteiger partial charge in [-0.15, -0.1) is 0 Å². The Bertz CT molecular complexity index is 657. The van der Waals surface area contributed by atoms with Gasteiger partial charge in [0.25, 0.3) is 0 Å². The van der Waals surface area contributed by atoms with Crippen LogP contribution in [0.15, 0.2) is 24.3 Å². The maximum Gasteiger partial charge on any atom is 0.249 e. The van der Waals surface area contributed by atoms with Gasteiger partial charge in [-0.05, 0) is 37.0 Å². The normalized spacial score (nSPS) is 23.6. The van der Waals surface area contributed by atoms with Crippen molar-refractivity contribution in [2.45, 2.75) is 57.2 Å². The van der Waals surface area contributed by atoms with Crippen molar-refractivity contribution >= 4 is 17.5 Å². The summed E-state index contributed by atoms with van der Waals surface area (Å²) in [6, 6.07) is 7.11. The van der Waals surface area contributed by atoms with Crippen LogP contribution in [0.25, 0.3) is 0 Å². The molecule has 0 radical (unpaired) electrons. The molecule has 2 atom stereocenters. The number of hydrogen-bond acceptors (Lipinski definition) is 5. The number of nitrogens with one attached hydrogen (secondary N) is 1. The van der Waals surface area contributed by atoms with E-state index in [1.807, 2.05) is 24.3 Å². The van der Waals surface area contributed by atoms with Crippen molar-refractivity contribution in [3.05, 3.63) is 29.8 Å². The van der Waals surface area contributed by atoms with Crippen LogP contribution in [0.4, 0.5) is 5.69 Å². The Morgan fingerprint density at radius 3 is 2.61 bits per heavy atom. The summed E-state index contributed by atoms with van der Waals surface area (Å²) in [5.74, 6) is -0.0740. The summed E-state index contributed by atoms with van der Waals surface area (Å²) in [5.41, 5.74) is 1.62. The van der Waals surface area contributed by atoms with E-state index in [1.54, 1.807) is 4.90 Å². The number of aliphatic hydroxyl groups excluding tert-OH is 1. The summed E-state index contributed by atoms with van der Waals surface area (Å²) in [7, 11) is 0. The van der Waals surface area contributed by atoms with Crippen molar-refractivity contribution in [2.75, 3.05) is 31.7 Å². The molecule has 2 heterocycles. The highest BCUT2D eigenvalue weighted by Gasteiger charge is 2.41. The number of carbonyl (C=O) groups is 2. The largest absolute Gasteiger partial charge is 0.394 e. The Morgan fingerprint density at radius 2 is 1.96 bits per heavy atom. The second-order valence-corrected chi connectivity index (χ2v) is 7.40. The van der Waals surface area contributed by atoms with Gasteiger partial charge in [0.05, 0.1) is 12.6 Å². The van der Waals surface area contributed by atoms with Gasteiger partial charge in [-0.25, -0.2) is 0 Å². The molecule has 154 valence electrons. The Labute approximate surface area is 166 Å². The standard InChI is InChI=1S/C21H30N2O5/c1-2-3-4-19(25)22-16-7-5-15(6-8-16)21-18(13-24)23(20(26)14-28-21)17-9-11-27-12-10-17/h5-8,17-18,21,24H,2-4,9-14H2,1H3,(H,22,25)/t18-,21-/m1/s1. The van der Waals surface area contributed by atoms with E-state index < -0.39 is 12.1 Å². The zero-order valence-corrected chi connectivity index (χ0v) is 16.4. The summed E-state index contributed by atoms with van der Waals surface area (Å²) in [4.78, 5) is 26.2. The van der Waals surface area contributed by atoms with E-state index in [-0.39, 0.29) is 31.1 Å². The second kappa shape index (κ2) is 10.0. The van der Waals surface area contributed by atoms with Crippen molar-refractivity contribution in [1.29, 1.82) is 0 Å². The molecule has 7 heteroatoms. The van der Waals surface area contributed by atoms with Crippen LogP contribution >= 0.6 is 0 Å². The van der Waals surface area contributed by atoms with Crippen LogP contribution in [0.3, 0.4) is 0 Å². The van der Waals surface area contributed by atoms with Crippen LogP contribution in [0.2, 0.25) is 0 Å². The molecule has 0 saturated carbocycles. The predicted molar refractivity (Wildman–Crippen MR) is 105 cm³/mol. The van der Waals surface area contributed by atoms with E-state index in [4.69, 9.17) is 9.47 Å². The van der Waals surface area contributed by atoms with Gasteiger partial charge in [-0.1, -0.05) is 25.5 Å².